The van der Waals surface area contributed by atoms with Gasteiger partial charge in [-0.2, -0.15) is 0 Å². The fraction of sp³-hybridized carbons (Fsp3) is 0.467. The molecule has 0 N–H and O–H groups in total. The van der Waals surface area contributed by atoms with E-state index in [0.29, 0.717) is 6.61 Å². The molecule has 0 amide bonds. The minimum absolute atomic E-state index is 0.142. The number of thiophene rings is 1. The molecule has 0 saturated carbocycles. The van der Waals surface area contributed by atoms with E-state index in [2.05, 4.69) is 103 Å². The molecule has 4 rings (SSSR count). The van der Waals surface area contributed by atoms with Crippen molar-refractivity contribution in [3.05, 3.63) is 93.7 Å². The lowest BCUT2D eigenvalue weighted by Gasteiger charge is -2.46. The number of nitrogens with zero attached hydrogens (tertiary/aromatic N) is 2. The van der Waals surface area contributed by atoms with Gasteiger partial charge in [0.2, 0.25) is 0 Å². The van der Waals surface area contributed by atoms with E-state index in [1.807, 2.05) is 11.3 Å². The van der Waals surface area contributed by atoms with Crippen LogP contribution in [0.5, 0.6) is 0 Å². The van der Waals surface area contributed by atoms with Crippen molar-refractivity contribution < 1.29 is 4.74 Å². The molecule has 0 aliphatic carbocycles. The molecule has 1 aliphatic heterocycles. The van der Waals surface area contributed by atoms with Crippen molar-refractivity contribution in [2.45, 2.75) is 63.8 Å². The molecule has 0 spiro atoms. The summed E-state index contributed by atoms with van der Waals surface area (Å²) in [7, 11) is 4.46. The fourth-order valence-electron chi connectivity index (χ4n) is 5.27. The van der Waals surface area contributed by atoms with E-state index in [9.17, 15) is 0 Å². The van der Waals surface area contributed by atoms with Gasteiger partial charge in [0.25, 0.3) is 0 Å². The van der Waals surface area contributed by atoms with Crippen molar-refractivity contribution in [2.24, 2.45) is 0 Å². The van der Waals surface area contributed by atoms with E-state index < -0.39 is 0 Å². The van der Waals surface area contributed by atoms with Crippen LogP contribution < -0.4 is 0 Å². The van der Waals surface area contributed by atoms with Gasteiger partial charge in [-0.25, -0.2) is 0 Å². The summed E-state index contributed by atoms with van der Waals surface area (Å²) in [4.78, 5) is 6.39. The second kappa shape index (κ2) is 12.1. The normalized spacial score (nSPS) is 17.2. The predicted octanol–water partition coefficient (Wildman–Crippen LogP) is 7.25. The van der Waals surface area contributed by atoms with Crippen LogP contribution in [-0.4, -0.2) is 37.0 Å². The number of rotatable bonds is 11. The summed E-state index contributed by atoms with van der Waals surface area (Å²) in [6.45, 7) is 6.17. The lowest BCUT2D eigenvalue weighted by atomic mass is 9.79. The number of unbranched alkanes of at least 4 members (excludes halogenated alkanes) is 1. The van der Waals surface area contributed by atoms with Crippen LogP contribution in [0.2, 0.25) is 0 Å². The van der Waals surface area contributed by atoms with Crippen molar-refractivity contribution in [3.63, 3.8) is 0 Å². The molecular formula is C30H40N2OS. The largest absolute Gasteiger partial charge is 0.368 e. The molecular weight excluding hydrogens is 436 g/mol. The van der Waals surface area contributed by atoms with Crippen molar-refractivity contribution in [1.82, 2.24) is 9.80 Å². The molecule has 34 heavy (non-hydrogen) atoms. The minimum atomic E-state index is 0.142. The van der Waals surface area contributed by atoms with Crippen LogP contribution in [0.1, 0.15) is 66.7 Å². The fourth-order valence-corrected chi connectivity index (χ4v) is 6.08. The molecule has 1 aromatic heterocycles. The summed E-state index contributed by atoms with van der Waals surface area (Å²) >= 11 is 1.81. The van der Waals surface area contributed by atoms with E-state index in [-0.39, 0.29) is 11.6 Å². The molecule has 4 heteroatoms. The summed E-state index contributed by atoms with van der Waals surface area (Å²) in [5.74, 6) is 0. The van der Waals surface area contributed by atoms with Crippen molar-refractivity contribution in [1.29, 1.82) is 0 Å². The SMILES string of the molecule is CCCCC(OCc1cccc(CN2CCC(c3ccccc3)(N(C)C)CC2)c1)c1cccs1. The first kappa shape index (κ1) is 25.1. The molecule has 0 radical (unpaired) electrons. The van der Waals surface area contributed by atoms with Gasteiger partial charge in [-0.1, -0.05) is 80.4 Å². The molecule has 182 valence electrons. The number of hydrogen-bond donors (Lipinski definition) is 0. The predicted molar refractivity (Wildman–Crippen MR) is 144 cm³/mol. The number of benzene rings is 2. The first-order valence-electron chi connectivity index (χ1n) is 12.8. The minimum Gasteiger partial charge on any atom is -0.368 e. The van der Waals surface area contributed by atoms with Crippen LogP contribution >= 0.6 is 11.3 Å². The second-order valence-corrected chi connectivity index (χ2v) is 10.8. The Kier molecular flexibility index (Phi) is 8.96. The number of piperidine rings is 1. The highest BCUT2D eigenvalue weighted by Crippen LogP contribution is 2.37. The third kappa shape index (κ3) is 6.17. The van der Waals surface area contributed by atoms with E-state index in [4.69, 9.17) is 4.74 Å². The monoisotopic (exact) mass is 476 g/mol. The Balaban J connectivity index is 1.35. The van der Waals surface area contributed by atoms with E-state index in [1.165, 1.54) is 34.4 Å². The van der Waals surface area contributed by atoms with E-state index >= 15 is 0 Å². The summed E-state index contributed by atoms with van der Waals surface area (Å²) in [5, 5.41) is 2.15. The molecule has 1 saturated heterocycles. The van der Waals surface area contributed by atoms with E-state index in [1.54, 1.807) is 0 Å². The number of likely N-dealkylation sites (tertiary alicyclic amines) is 1. The van der Waals surface area contributed by atoms with Crippen LogP contribution in [0, 0.1) is 0 Å². The second-order valence-electron chi connectivity index (χ2n) is 9.85. The summed E-state index contributed by atoms with van der Waals surface area (Å²) in [6.07, 6.45) is 6.03. The van der Waals surface area contributed by atoms with Gasteiger partial charge in [0.1, 0.15) is 0 Å². The number of hydrogen-bond acceptors (Lipinski definition) is 4. The summed E-state index contributed by atoms with van der Waals surface area (Å²) in [5.41, 5.74) is 4.25. The van der Waals surface area contributed by atoms with Crippen LogP contribution in [0.3, 0.4) is 0 Å². The lowest BCUT2D eigenvalue weighted by Crippen LogP contribution is -2.50. The topological polar surface area (TPSA) is 15.7 Å². The third-order valence-electron chi connectivity index (χ3n) is 7.38. The van der Waals surface area contributed by atoms with Crippen molar-refractivity contribution in [3.8, 4) is 0 Å². The van der Waals surface area contributed by atoms with Gasteiger partial charge >= 0.3 is 0 Å². The zero-order valence-corrected chi connectivity index (χ0v) is 21.9. The van der Waals surface area contributed by atoms with Gasteiger partial charge in [0.05, 0.1) is 12.7 Å². The van der Waals surface area contributed by atoms with Gasteiger partial charge in [-0.05, 0) is 61.5 Å². The van der Waals surface area contributed by atoms with Crippen LogP contribution in [0.25, 0.3) is 0 Å². The molecule has 2 heterocycles. The van der Waals surface area contributed by atoms with Crippen molar-refractivity contribution >= 4 is 11.3 Å². The number of ether oxygens (including phenoxy) is 1. The van der Waals surface area contributed by atoms with Crippen LogP contribution in [0.4, 0.5) is 0 Å². The molecule has 1 fully saturated rings. The van der Waals surface area contributed by atoms with Crippen LogP contribution in [0.15, 0.2) is 72.1 Å². The Bertz CT molecular complexity index is 978. The zero-order valence-electron chi connectivity index (χ0n) is 21.1. The van der Waals surface area contributed by atoms with Crippen molar-refractivity contribution in [2.75, 3.05) is 27.2 Å². The Morgan fingerprint density at radius 3 is 2.41 bits per heavy atom. The Labute approximate surface area is 210 Å². The Morgan fingerprint density at radius 1 is 0.971 bits per heavy atom. The highest BCUT2D eigenvalue weighted by atomic mass is 32.1. The smallest absolute Gasteiger partial charge is 0.0921 e. The third-order valence-corrected chi connectivity index (χ3v) is 8.34. The Hall–Kier alpha value is -1.98. The first-order valence-corrected chi connectivity index (χ1v) is 13.7. The maximum atomic E-state index is 6.41. The van der Waals surface area contributed by atoms with E-state index in [0.717, 1.165) is 38.9 Å². The molecule has 3 nitrogen and oxygen atoms in total. The molecule has 1 aliphatic rings. The highest BCUT2D eigenvalue weighted by Gasteiger charge is 2.37. The van der Waals surface area contributed by atoms with Gasteiger partial charge in [-0.15, -0.1) is 11.3 Å². The molecule has 3 aromatic rings. The molecule has 2 aromatic carbocycles. The zero-order chi connectivity index (χ0) is 23.8. The van der Waals surface area contributed by atoms with Gasteiger partial charge in [0, 0.05) is 30.1 Å². The first-order chi connectivity index (χ1) is 16.6. The quantitative estimate of drug-likeness (QED) is 0.290. The average Bonchev–Trinajstić information content (AvgIpc) is 3.40. The standard InChI is InChI=1S/C30H40N2OS/c1-4-5-15-28(29-16-10-21-34-29)33-24-26-12-9-11-25(22-26)23-32-19-17-30(18-20-32,31(2)3)27-13-7-6-8-14-27/h6-14,16,21-22,28H,4-5,15,17-20,23-24H2,1-3H3. The summed E-state index contributed by atoms with van der Waals surface area (Å²) in [6, 6.07) is 24.4. The molecule has 1 unspecified atom stereocenters. The lowest BCUT2D eigenvalue weighted by molar-refractivity contribution is 0.0346. The van der Waals surface area contributed by atoms with Gasteiger partial charge in [-0.3, -0.25) is 9.80 Å². The summed E-state index contributed by atoms with van der Waals surface area (Å²) < 4.78 is 6.41. The molecule has 1 atom stereocenters. The van der Waals surface area contributed by atoms with Gasteiger partial charge in [0.15, 0.2) is 0 Å². The maximum absolute atomic E-state index is 6.41. The van der Waals surface area contributed by atoms with Crippen LogP contribution in [-0.2, 0) is 23.4 Å². The maximum Gasteiger partial charge on any atom is 0.0921 e. The Morgan fingerprint density at radius 2 is 1.74 bits per heavy atom. The highest BCUT2D eigenvalue weighted by molar-refractivity contribution is 7.10. The molecule has 0 bridgehead atoms. The average molecular weight is 477 g/mol. The van der Waals surface area contributed by atoms with Gasteiger partial charge < -0.3 is 4.74 Å².